The van der Waals surface area contributed by atoms with Crippen LogP contribution in [0.4, 0.5) is 0 Å². The van der Waals surface area contributed by atoms with Gasteiger partial charge in [-0.2, -0.15) is 0 Å². The number of benzene rings is 11. The van der Waals surface area contributed by atoms with Crippen LogP contribution in [0.3, 0.4) is 0 Å². The smallest absolute Gasteiger partial charge is 0.269 e. The van der Waals surface area contributed by atoms with Crippen molar-refractivity contribution in [3.63, 3.8) is 0 Å². The molecule has 3 aromatic heterocycles. The summed E-state index contributed by atoms with van der Waals surface area (Å²) in [6, 6.07) is 95.7. The molecule has 5 unspecified atom stereocenters. The van der Waals surface area contributed by atoms with E-state index in [0.717, 1.165) is 72.8 Å². The minimum absolute atomic E-state index is 0.0422. The maximum Gasteiger partial charge on any atom is 0.269 e. The molecule has 0 radical (unpaired) electrons. The summed E-state index contributed by atoms with van der Waals surface area (Å²) < 4.78 is 13.9. The van der Waals surface area contributed by atoms with Crippen LogP contribution in [0.2, 0.25) is 0 Å². The first kappa shape index (κ1) is 51.7. The molecule has 0 saturated heterocycles. The van der Waals surface area contributed by atoms with Gasteiger partial charge >= 0.3 is 0 Å². The predicted octanol–water partition coefficient (Wildman–Crippen LogP) is 19.8. The van der Waals surface area contributed by atoms with Crippen molar-refractivity contribution in [2.45, 2.75) is 75.5 Å². The molecule has 0 fully saturated rings. The van der Waals surface area contributed by atoms with E-state index >= 15 is 0 Å². The average molecular weight is 1160 g/mol. The lowest BCUT2D eigenvalue weighted by Crippen LogP contribution is -2.60. The zero-order valence-electron chi connectivity index (χ0n) is 51.5. The molecule has 5 heteroatoms. The minimum atomic E-state index is -0.399. The molecule has 5 nitrogen and oxygen atoms in total. The average Bonchev–Trinajstić information content (AvgIpc) is 1.41. The normalized spacial score (nSPS) is 21.7. The lowest BCUT2D eigenvalue weighted by Gasteiger charge is -2.57. The van der Waals surface area contributed by atoms with Gasteiger partial charge in [-0.1, -0.05) is 230 Å². The van der Waals surface area contributed by atoms with E-state index in [1.807, 2.05) is 6.20 Å². The summed E-state index contributed by atoms with van der Waals surface area (Å²) in [5, 5.41) is 2.31. The highest BCUT2D eigenvalue weighted by Crippen LogP contribution is 2.90. The van der Waals surface area contributed by atoms with E-state index in [1.54, 1.807) is 0 Å². The Hall–Kier alpha value is -10.4. The van der Waals surface area contributed by atoms with Crippen molar-refractivity contribution in [3.8, 4) is 73.2 Å². The van der Waals surface area contributed by atoms with Crippen molar-refractivity contribution in [3.05, 3.63) is 317 Å². The van der Waals surface area contributed by atoms with Crippen LogP contribution in [0.5, 0.6) is 11.5 Å². The van der Waals surface area contributed by atoms with Crippen molar-refractivity contribution >= 4 is 32.8 Å². The lowest BCUT2D eigenvalue weighted by atomic mass is 9.43. The Morgan fingerprint density at radius 3 is 1.56 bits per heavy atom. The SMILES string of the molecule is CC(C)(C)c1ccnc(-n2c3ccccc3c3ccc(Oc4cccc(-n5[c-][n+]6c7c(cc(-c8ccc9c(c8)C8(C)c%10ccccc%10C%10(C)c%11ccccc%11C%11(C)c%12ccccc%12C9(C)C%11%108)cc75)-c5ccccc5-c5ccccc5-c5ccccc5-6)c4)cc32)c1. The molecule has 0 amide bonds. The predicted molar refractivity (Wildman–Crippen MR) is 364 cm³/mol. The number of hydrogen-bond donors (Lipinski definition) is 0. The first-order chi connectivity index (χ1) is 43.8. The molecular weight excluding hydrogens is 1090 g/mol. The first-order valence-corrected chi connectivity index (χ1v) is 31.8. The summed E-state index contributed by atoms with van der Waals surface area (Å²) in [5.74, 6) is 2.34. The number of imidazole rings is 1. The molecule has 14 aromatic rings. The second-order valence-corrected chi connectivity index (χ2v) is 27.7. The fourth-order valence-corrected chi connectivity index (χ4v) is 19.7. The van der Waals surface area contributed by atoms with E-state index in [9.17, 15) is 0 Å². The number of ether oxygens (including phenoxy) is 1. The zero-order chi connectivity index (χ0) is 60.4. The highest BCUT2D eigenvalue weighted by Gasteiger charge is 2.89. The highest BCUT2D eigenvalue weighted by molar-refractivity contribution is 6.10. The molecule has 0 bridgehead atoms. The van der Waals surface area contributed by atoms with Crippen LogP contribution in [-0.2, 0) is 27.1 Å². The standard InChI is InChI=1S/C85H64N4O/c1-80(2,3)54-43-44-86-78(48-54)89-75-38-21-13-30-63(75)64-41-40-57(50-76(64)89)90-56-24-22-23-55(49-56)87-51-88-74-37-20-12-29-62(74)60-27-10-8-25-58(60)59-26-9-11-28-61(59)65-45-53(47-77(87)79(65)88)52-39-42-72-73(46-52)84(7)71-36-19-18-35-70(71)82(5)67-32-15-14-31-66(67)81(4)68-33-16-17-34-69(68)83(72,6)85(81,82)84/h8-50H,1-7H3. The van der Waals surface area contributed by atoms with Gasteiger partial charge in [-0.15, -0.1) is 0 Å². The Bertz CT molecular complexity index is 5460. The van der Waals surface area contributed by atoms with Gasteiger partial charge in [-0.3, -0.25) is 13.7 Å². The number of para-hydroxylation sites is 2. The Labute approximate surface area is 524 Å². The van der Waals surface area contributed by atoms with E-state index in [1.165, 1.54) is 83.3 Å². The number of rotatable bonds is 5. The maximum atomic E-state index is 7.05. The van der Waals surface area contributed by atoms with Crippen molar-refractivity contribution in [1.82, 2.24) is 14.1 Å². The van der Waals surface area contributed by atoms with Crippen LogP contribution in [-0.4, -0.2) is 14.1 Å². The Balaban J connectivity index is 0.836. The summed E-state index contributed by atoms with van der Waals surface area (Å²) in [6.07, 6.45) is 5.98. The van der Waals surface area contributed by atoms with Crippen LogP contribution in [0.1, 0.15) is 98.5 Å². The van der Waals surface area contributed by atoms with Gasteiger partial charge in [0.15, 0.2) is 0 Å². The Morgan fingerprint density at radius 2 is 0.922 bits per heavy atom. The van der Waals surface area contributed by atoms with Gasteiger partial charge in [0.1, 0.15) is 17.3 Å². The second-order valence-electron chi connectivity index (χ2n) is 27.7. The molecule has 5 aliphatic rings. The molecule has 4 heterocycles. The van der Waals surface area contributed by atoms with E-state index in [4.69, 9.17) is 9.72 Å². The van der Waals surface area contributed by atoms with Crippen molar-refractivity contribution in [2.24, 2.45) is 5.41 Å². The molecule has 430 valence electrons. The van der Waals surface area contributed by atoms with Crippen molar-refractivity contribution < 1.29 is 9.30 Å². The van der Waals surface area contributed by atoms with Gasteiger partial charge in [-0.25, -0.2) is 4.98 Å². The largest absolute Gasteiger partial charge is 0.458 e. The molecule has 0 saturated carbocycles. The summed E-state index contributed by atoms with van der Waals surface area (Å²) in [4.78, 5) is 4.97. The Morgan fingerprint density at radius 1 is 0.400 bits per heavy atom. The van der Waals surface area contributed by atoms with Gasteiger partial charge in [0, 0.05) is 50.1 Å². The molecule has 1 aliphatic heterocycles. The summed E-state index contributed by atoms with van der Waals surface area (Å²) >= 11 is 0. The molecule has 5 atom stereocenters. The monoisotopic (exact) mass is 1160 g/mol. The topological polar surface area (TPSA) is 35.9 Å². The van der Waals surface area contributed by atoms with E-state index < -0.39 is 5.41 Å². The zero-order valence-corrected chi connectivity index (χ0v) is 51.5. The third-order valence-corrected chi connectivity index (χ3v) is 22.9. The van der Waals surface area contributed by atoms with Crippen LogP contribution < -0.4 is 9.30 Å². The van der Waals surface area contributed by atoms with Gasteiger partial charge in [0.2, 0.25) is 0 Å². The van der Waals surface area contributed by atoms with E-state index in [-0.39, 0.29) is 27.1 Å². The summed E-state index contributed by atoms with van der Waals surface area (Å²) in [5.41, 5.74) is 26.7. The van der Waals surface area contributed by atoms with Crippen molar-refractivity contribution in [1.29, 1.82) is 0 Å². The number of pyridine rings is 1. The molecule has 11 aromatic carbocycles. The first-order valence-electron chi connectivity index (χ1n) is 31.8. The highest BCUT2D eigenvalue weighted by atomic mass is 16.5. The van der Waals surface area contributed by atoms with Gasteiger partial charge in [0.05, 0.1) is 33.4 Å². The number of fused-ring (bicyclic) bond motifs is 22. The van der Waals surface area contributed by atoms with Crippen molar-refractivity contribution in [2.75, 3.05) is 0 Å². The van der Waals surface area contributed by atoms with Crippen LogP contribution in [0.25, 0.3) is 94.5 Å². The fraction of sp³-hybridized carbons (Fsp3) is 0.153. The van der Waals surface area contributed by atoms with Gasteiger partial charge < -0.3 is 4.74 Å². The van der Waals surface area contributed by atoms with Gasteiger partial charge in [-0.05, 0) is 167 Å². The lowest BCUT2D eigenvalue weighted by molar-refractivity contribution is -0.571. The quantitative estimate of drug-likeness (QED) is 0.127. The fourth-order valence-electron chi connectivity index (χ4n) is 19.7. The number of nitrogens with zero attached hydrogens (tertiary/aromatic N) is 4. The summed E-state index contributed by atoms with van der Waals surface area (Å²) in [7, 11) is 0. The third kappa shape index (κ3) is 6.05. The summed E-state index contributed by atoms with van der Waals surface area (Å²) in [6.45, 7) is 17.2. The maximum absolute atomic E-state index is 7.05. The second kappa shape index (κ2) is 17.5. The third-order valence-electron chi connectivity index (χ3n) is 22.9. The van der Waals surface area contributed by atoms with Crippen LogP contribution >= 0.6 is 0 Å². The molecule has 4 aliphatic carbocycles. The van der Waals surface area contributed by atoms with Gasteiger partial charge in [0.25, 0.3) is 6.33 Å². The molecule has 0 N–H and O–H groups in total. The Kier molecular flexibility index (Phi) is 10.0. The van der Waals surface area contributed by atoms with E-state index in [2.05, 4.69) is 323 Å². The number of hydrogen-bond acceptors (Lipinski definition) is 2. The van der Waals surface area contributed by atoms with E-state index in [0.29, 0.717) is 0 Å². The number of aromatic nitrogens is 4. The minimum Gasteiger partial charge on any atom is -0.458 e. The molecular formula is C85H64N4O. The van der Waals surface area contributed by atoms with Crippen LogP contribution in [0.15, 0.2) is 261 Å². The molecule has 19 rings (SSSR count). The molecule has 90 heavy (non-hydrogen) atoms. The molecule has 1 spiro atoms. The van der Waals surface area contributed by atoms with Crippen LogP contribution in [0, 0.1) is 11.7 Å².